The Morgan fingerprint density at radius 2 is 1.43 bits per heavy atom. The number of para-hydroxylation sites is 1. The fourth-order valence-electron chi connectivity index (χ4n) is 5.44. The number of aliphatic imine (C=N–C) groups is 1. The van der Waals surface area contributed by atoms with E-state index in [1.54, 1.807) is 15.7 Å². The van der Waals surface area contributed by atoms with Gasteiger partial charge in [0.2, 0.25) is 10.6 Å². The summed E-state index contributed by atoms with van der Waals surface area (Å²) >= 11 is 5.30. The van der Waals surface area contributed by atoms with Crippen LogP contribution in [-0.4, -0.2) is 42.1 Å². The maximum Gasteiger partial charge on any atom is 0.303 e. The van der Waals surface area contributed by atoms with E-state index in [0.717, 1.165) is 39.0 Å². The van der Waals surface area contributed by atoms with Crippen molar-refractivity contribution in [1.82, 2.24) is 24.6 Å². The van der Waals surface area contributed by atoms with Gasteiger partial charge < -0.3 is 0 Å². The summed E-state index contributed by atoms with van der Waals surface area (Å²) in [5, 5.41) is 8.15. The van der Waals surface area contributed by atoms with E-state index >= 15 is 0 Å². The topological polar surface area (TPSA) is 116 Å². The van der Waals surface area contributed by atoms with Crippen LogP contribution in [0.4, 0.5) is 11.4 Å². The lowest BCUT2D eigenvalue weighted by molar-refractivity contribution is -0.111. The molecule has 7 aromatic rings. The number of fused-ring (bicyclic) bond motifs is 3. The molecule has 1 aliphatic rings. The number of anilines is 2. The van der Waals surface area contributed by atoms with Crippen molar-refractivity contribution in [3.8, 4) is 22.4 Å². The summed E-state index contributed by atoms with van der Waals surface area (Å²) in [6.07, 6.45) is 1.63. The number of H-pyrrole nitrogens is 1. The molecule has 0 unspecified atom stereocenters. The summed E-state index contributed by atoms with van der Waals surface area (Å²) in [5.41, 5.74) is 9.85. The number of amidine groups is 2. The third-order valence-corrected chi connectivity index (χ3v) is 7.77. The number of carbonyl (C=O) groups excluding carboxylic acids is 1. The Labute approximate surface area is 267 Å². The number of benzene rings is 4. The van der Waals surface area contributed by atoms with Crippen molar-refractivity contribution in [2.45, 2.75) is 0 Å². The number of rotatable bonds is 6. The molecule has 0 saturated heterocycles. The van der Waals surface area contributed by atoms with Gasteiger partial charge in [0.15, 0.2) is 11.3 Å². The molecular weight excluding hydrogens is 595 g/mol. The molecule has 1 amide bonds. The minimum Gasteiger partial charge on any atom is -0.276 e. The Hall–Kier alpha value is -6.33. The summed E-state index contributed by atoms with van der Waals surface area (Å²) in [4.78, 5) is 34.0. The lowest BCUT2D eigenvalue weighted by Crippen LogP contribution is -2.34. The highest BCUT2D eigenvalue weighted by atomic mass is 32.1. The number of amides is 1. The molecule has 1 aliphatic heterocycles. The Bertz CT molecular complexity index is 2370. The van der Waals surface area contributed by atoms with Crippen molar-refractivity contribution < 1.29 is 4.79 Å². The smallest absolute Gasteiger partial charge is 0.276 e. The van der Waals surface area contributed by atoms with Gasteiger partial charge in [-0.25, -0.2) is 19.5 Å². The molecule has 3 aromatic heterocycles. The molecule has 0 atom stereocenters. The molecule has 0 spiro atoms. The van der Waals surface area contributed by atoms with E-state index in [0.29, 0.717) is 27.6 Å². The number of nitrogens with zero attached hydrogens (tertiary/aromatic N) is 7. The zero-order chi connectivity index (χ0) is 31.0. The largest absolute Gasteiger partial charge is 0.303 e. The van der Waals surface area contributed by atoms with Crippen LogP contribution in [0.25, 0.3) is 39.1 Å². The third kappa shape index (κ3) is 4.90. The summed E-state index contributed by atoms with van der Waals surface area (Å²) in [6, 6.07) is 38.7. The molecule has 46 heavy (non-hydrogen) atoms. The minimum absolute atomic E-state index is 0.0614. The predicted octanol–water partition coefficient (Wildman–Crippen LogP) is 6.89. The van der Waals surface area contributed by atoms with Gasteiger partial charge in [-0.3, -0.25) is 20.2 Å². The number of aromatic nitrogens is 5. The molecule has 10 nitrogen and oxygen atoms in total. The van der Waals surface area contributed by atoms with Crippen LogP contribution < -0.4 is 10.3 Å². The fourth-order valence-corrected chi connectivity index (χ4v) is 5.63. The molecule has 2 N–H and O–H groups in total. The first-order valence-electron chi connectivity index (χ1n) is 14.4. The number of pyridine rings is 1. The van der Waals surface area contributed by atoms with Crippen LogP contribution in [0.2, 0.25) is 0 Å². The second kappa shape index (κ2) is 11.3. The van der Waals surface area contributed by atoms with Gasteiger partial charge in [-0.2, -0.15) is 4.98 Å². The number of hydrogen-bond donors (Lipinski definition) is 2. The first-order chi connectivity index (χ1) is 22.6. The molecule has 0 saturated carbocycles. The molecule has 4 aromatic carbocycles. The summed E-state index contributed by atoms with van der Waals surface area (Å²) in [7, 11) is 0. The Morgan fingerprint density at radius 3 is 2.15 bits per heavy atom. The van der Waals surface area contributed by atoms with E-state index < -0.39 is 0 Å². The standard InChI is InChI=1S/C35H23N9OS/c45-34-31(41-40-25-14-8-3-9-15-25)38-32(24-12-6-2-7-13-24)44(34)26-18-16-23(17-19-26)28-20-27(22-10-4-1-5-11-22)29-30(37-28)36-21-43-33(29)39-35(46)42-43/h1-21,40H,(H,42,46)/b41-31-. The third-order valence-electron chi connectivity index (χ3n) is 7.59. The van der Waals surface area contributed by atoms with Crippen LogP contribution in [0.5, 0.6) is 0 Å². The number of carbonyl (C=O) groups is 1. The number of aromatic amines is 1. The predicted molar refractivity (Wildman–Crippen MR) is 182 cm³/mol. The van der Waals surface area contributed by atoms with Crippen LogP contribution in [-0.2, 0) is 4.79 Å². The number of nitrogens with one attached hydrogen (secondary N) is 2. The van der Waals surface area contributed by atoms with E-state index in [-0.39, 0.29) is 11.7 Å². The molecule has 220 valence electrons. The van der Waals surface area contributed by atoms with Gasteiger partial charge in [0, 0.05) is 11.1 Å². The Balaban J connectivity index is 1.19. The lowest BCUT2D eigenvalue weighted by atomic mass is 10.00. The average molecular weight is 618 g/mol. The lowest BCUT2D eigenvalue weighted by Gasteiger charge is -2.19. The van der Waals surface area contributed by atoms with Gasteiger partial charge in [0.1, 0.15) is 12.2 Å². The van der Waals surface area contributed by atoms with Crippen LogP contribution >= 0.6 is 12.2 Å². The zero-order valence-electron chi connectivity index (χ0n) is 24.1. The van der Waals surface area contributed by atoms with Gasteiger partial charge in [0.05, 0.1) is 22.5 Å². The fraction of sp³-hybridized carbons (Fsp3) is 0. The van der Waals surface area contributed by atoms with Gasteiger partial charge >= 0.3 is 5.91 Å². The maximum absolute atomic E-state index is 13.7. The average Bonchev–Trinajstić information content (AvgIpc) is 3.66. The van der Waals surface area contributed by atoms with E-state index in [4.69, 9.17) is 17.2 Å². The molecule has 11 heteroatoms. The van der Waals surface area contributed by atoms with E-state index in [1.807, 2.05) is 121 Å². The van der Waals surface area contributed by atoms with Crippen LogP contribution in [0.15, 0.2) is 138 Å². The number of hydrogen-bond acceptors (Lipinski definition) is 7. The Kier molecular flexibility index (Phi) is 6.69. The summed E-state index contributed by atoms with van der Waals surface area (Å²) < 4.78 is 2.07. The van der Waals surface area contributed by atoms with E-state index in [9.17, 15) is 4.79 Å². The van der Waals surface area contributed by atoms with Crippen LogP contribution in [0, 0.1) is 4.77 Å². The van der Waals surface area contributed by atoms with Gasteiger partial charge in [0.25, 0.3) is 0 Å². The van der Waals surface area contributed by atoms with Crippen molar-refractivity contribution in [1.29, 1.82) is 0 Å². The van der Waals surface area contributed by atoms with Crippen LogP contribution in [0.1, 0.15) is 5.56 Å². The van der Waals surface area contributed by atoms with Crippen molar-refractivity contribution >= 4 is 57.9 Å². The Morgan fingerprint density at radius 1 is 0.761 bits per heavy atom. The van der Waals surface area contributed by atoms with E-state index in [1.165, 1.54) is 0 Å². The van der Waals surface area contributed by atoms with E-state index in [2.05, 4.69) is 30.6 Å². The molecule has 0 bridgehead atoms. The zero-order valence-corrected chi connectivity index (χ0v) is 24.9. The molecule has 0 fully saturated rings. The van der Waals surface area contributed by atoms with Gasteiger partial charge in [-0.1, -0.05) is 91.0 Å². The normalized spacial score (nSPS) is 13.9. The molecule has 0 aliphatic carbocycles. The van der Waals surface area contributed by atoms with Crippen molar-refractivity contribution in [2.75, 3.05) is 10.3 Å². The second-order valence-corrected chi connectivity index (χ2v) is 10.9. The van der Waals surface area contributed by atoms with Crippen molar-refractivity contribution in [3.63, 3.8) is 0 Å². The monoisotopic (exact) mass is 617 g/mol. The molecular formula is C35H23N9OS. The molecule has 4 heterocycles. The second-order valence-electron chi connectivity index (χ2n) is 10.5. The van der Waals surface area contributed by atoms with Crippen molar-refractivity contribution in [3.05, 3.63) is 138 Å². The SMILES string of the molecule is O=C1/C(=N/Nc2ccccc2)N=C(c2ccccc2)N1c1ccc(-c2cc(-c3ccccc3)c3c(ncn4[nH]c(=S)nc34)n2)cc1. The summed E-state index contributed by atoms with van der Waals surface area (Å²) in [6.45, 7) is 0. The maximum atomic E-state index is 13.7. The molecule has 0 radical (unpaired) electrons. The minimum atomic E-state index is -0.337. The molecule has 8 rings (SSSR count). The highest BCUT2D eigenvalue weighted by molar-refractivity contribution is 7.71. The van der Waals surface area contributed by atoms with Crippen molar-refractivity contribution in [2.24, 2.45) is 10.1 Å². The quantitative estimate of drug-likeness (QED) is 0.155. The van der Waals surface area contributed by atoms with Gasteiger partial charge in [-0.15, -0.1) is 5.10 Å². The first-order valence-corrected chi connectivity index (χ1v) is 14.8. The highest BCUT2D eigenvalue weighted by Gasteiger charge is 2.34. The van der Waals surface area contributed by atoms with Crippen LogP contribution in [0.3, 0.4) is 0 Å². The highest BCUT2D eigenvalue weighted by Crippen LogP contribution is 2.34. The number of hydrazone groups is 1. The van der Waals surface area contributed by atoms with Gasteiger partial charge in [-0.05, 0) is 53.7 Å². The summed E-state index contributed by atoms with van der Waals surface area (Å²) in [5.74, 6) is 0.218. The first kappa shape index (κ1) is 27.2.